The molecule has 4 amide bonds. The second-order valence-electron chi connectivity index (χ2n) is 12.5. The number of nitrogens with zero attached hydrogens (tertiary/aromatic N) is 1. The smallest absolute Gasteiger partial charge is 0.407 e. The predicted octanol–water partition coefficient (Wildman–Crippen LogP) is 3.69. The Bertz CT molecular complexity index is 1320. The molecule has 51 heavy (non-hydrogen) atoms. The maximum absolute atomic E-state index is 13.5. The number of hydrogen-bond donors (Lipinski definition) is 6. The van der Waals surface area contributed by atoms with Crippen LogP contribution >= 0.6 is 0 Å². The Kier molecular flexibility index (Phi) is 18.5. The van der Waals surface area contributed by atoms with Crippen LogP contribution in [0.4, 0.5) is 9.59 Å². The zero-order valence-corrected chi connectivity index (χ0v) is 29.3. The molecule has 282 valence electrons. The fourth-order valence-corrected chi connectivity index (χ4v) is 6.32. The van der Waals surface area contributed by atoms with E-state index < -0.39 is 48.2 Å². The summed E-state index contributed by atoms with van der Waals surface area (Å²) in [5.74, 6) is -1.66. The third-order valence-electron chi connectivity index (χ3n) is 8.83. The highest BCUT2D eigenvalue weighted by Gasteiger charge is 2.48. The first kappa shape index (κ1) is 41.0. The van der Waals surface area contributed by atoms with Crippen LogP contribution in [-0.4, -0.2) is 96.3 Å². The van der Waals surface area contributed by atoms with Gasteiger partial charge < -0.3 is 24.8 Å². The van der Waals surface area contributed by atoms with E-state index in [0.717, 1.165) is 24.0 Å². The quantitative estimate of drug-likeness (QED) is 0.0270. The lowest BCUT2D eigenvalue weighted by atomic mass is 9.88. The summed E-state index contributed by atoms with van der Waals surface area (Å²) in [5.41, 5.74) is 5.22. The van der Waals surface area contributed by atoms with Crippen LogP contribution in [0.3, 0.4) is 0 Å². The molecule has 0 radical (unpaired) electrons. The van der Waals surface area contributed by atoms with Gasteiger partial charge in [0.25, 0.3) is 0 Å². The number of esters is 1. The average Bonchev–Trinajstić information content (AvgIpc) is 3.32. The van der Waals surface area contributed by atoms with Crippen LogP contribution in [-0.2, 0) is 35.0 Å². The lowest BCUT2D eigenvalue weighted by Crippen LogP contribution is -2.55. The molecule has 1 saturated heterocycles. The molecule has 1 fully saturated rings. The first-order valence-electron chi connectivity index (χ1n) is 17.8. The van der Waals surface area contributed by atoms with Gasteiger partial charge in [-0.05, 0) is 51.0 Å². The number of amides is 4. The maximum atomic E-state index is 13.5. The number of hydroxylamine groups is 2. The van der Waals surface area contributed by atoms with E-state index in [4.69, 9.17) is 24.6 Å². The summed E-state index contributed by atoms with van der Waals surface area (Å²) < 4.78 is 17.2. The summed E-state index contributed by atoms with van der Waals surface area (Å²) in [6, 6.07) is 8.15. The van der Waals surface area contributed by atoms with Crippen molar-refractivity contribution in [2.75, 3.05) is 32.8 Å². The molecule has 15 heteroatoms. The van der Waals surface area contributed by atoms with Crippen LogP contribution in [0.5, 0.6) is 0 Å². The molecule has 1 aliphatic carbocycles. The Morgan fingerprint density at radius 2 is 1.49 bits per heavy atom. The number of likely N-dealkylation sites (tertiary alicyclic amines) is 1. The van der Waals surface area contributed by atoms with Crippen LogP contribution in [0.15, 0.2) is 54.1 Å². The number of rotatable bonds is 21. The van der Waals surface area contributed by atoms with Crippen LogP contribution in [0.2, 0.25) is 0 Å². The van der Waals surface area contributed by atoms with Crippen LogP contribution in [0.25, 0.3) is 0 Å². The van der Waals surface area contributed by atoms with Gasteiger partial charge in [0.1, 0.15) is 18.8 Å². The molecule has 6 N–H and O–H groups in total. The van der Waals surface area contributed by atoms with E-state index >= 15 is 0 Å². The number of ether oxygens (including phenoxy) is 3. The molecular weight excluding hydrogens is 662 g/mol. The Morgan fingerprint density at radius 3 is 2.12 bits per heavy atom. The highest BCUT2D eigenvalue weighted by atomic mass is 16.6. The molecular formula is C36H53N5O10. The fourth-order valence-electron chi connectivity index (χ4n) is 6.32. The Morgan fingerprint density at radius 1 is 0.843 bits per heavy atom. The van der Waals surface area contributed by atoms with E-state index in [-0.39, 0.29) is 32.0 Å². The molecule has 0 saturated carbocycles. The third kappa shape index (κ3) is 14.4. The number of fused-ring (bicyclic) bond motifs is 1. The highest BCUT2D eigenvalue weighted by Crippen LogP contribution is 2.38. The van der Waals surface area contributed by atoms with E-state index in [1.54, 1.807) is 17.9 Å². The summed E-state index contributed by atoms with van der Waals surface area (Å²) >= 11 is 0. The van der Waals surface area contributed by atoms with Crippen molar-refractivity contribution in [2.45, 2.75) is 95.7 Å². The predicted molar refractivity (Wildman–Crippen MR) is 185 cm³/mol. The van der Waals surface area contributed by atoms with Gasteiger partial charge in [0.15, 0.2) is 0 Å². The van der Waals surface area contributed by atoms with Crippen molar-refractivity contribution in [1.29, 1.82) is 0 Å². The van der Waals surface area contributed by atoms with Gasteiger partial charge in [0.05, 0.1) is 12.6 Å². The van der Waals surface area contributed by atoms with Crippen LogP contribution < -0.4 is 21.6 Å². The number of unbranched alkanes of at least 4 members (excludes halogenated alkanes) is 4. The molecule has 15 nitrogen and oxygen atoms in total. The minimum absolute atomic E-state index is 0.122. The number of benzene rings is 1. The monoisotopic (exact) mass is 715 g/mol. The zero-order chi connectivity index (χ0) is 36.8. The van der Waals surface area contributed by atoms with Crippen molar-refractivity contribution in [2.24, 2.45) is 5.92 Å². The van der Waals surface area contributed by atoms with Crippen molar-refractivity contribution in [1.82, 2.24) is 26.5 Å². The van der Waals surface area contributed by atoms with Crippen molar-refractivity contribution in [3.8, 4) is 0 Å². The van der Waals surface area contributed by atoms with Gasteiger partial charge >= 0.3 is 18.2 Å². The van der Waals surface area contributed by atoms with Gasteiger partial charge in [-0.3, -0.25) is 29.7 Å². The number of nitrogens with one attached hydrogen (secondary N) is 4. The lowest BCUT2D eigenvalue weighted by Gasteiger charge is -2.37. The molecule has 2 aliphatic rings. The standard InChI is InChI=1S/C36H53N5O10/c1-2-49-34(44)29(25-50-35(45)37-21-13-5-11-19-31(42)39-47)41-24-27-17-9-4-10-18-28(27)33(41)30(23-26-15-7-3-8-16-26)51-36(46)38-22-14-6-12-20-32(43)40-48/h3,7-8,10,15-18,28-30,33,47-48H,2,4-6,9,11-14,19-25H2,1H3,(H,37,45)(H,38,46)(H,39,42)(H,40,43)/t28-,29+,30+,33-/m1/s1. The number of hydrogen-bond acceptors (Lipinski definition) is 11. The molecule has 1 heterocycles. The largest absolute Gasteiger partial charge is 0.465 e. The topological polar surface area (TPSA) is 205 Å². The number of allylic oxidation sites excluding steroid dienone is 2. The van der Waals surface area contributed by atoms with Crippen molar-refractivity contribution >= 4 is 30.0 Å². The Labute approximate surface area is 299 Å². The van der Waals surface area contributed by atoms with E-state index in [1.165, 1.54) is 0 Å². The molecule has 0 spiro atoms. The van der Waals surface area contributed by atoms with E-state index in [2.05, 4.69) is 28.9 Å². The van der Waals surface area contributed by atoms with Gasteiger partial charge in [0, 0.05) is 44.8 Å². The molecule has 4 atom stereocenters. The van der Waals surface area contributed by atoms with Crippen LogP contribution in [0.1, 0.15) is 76.7 Å². The Hall–Kier alpha value is -4.47. The SMILES string of the molecule is CCOC(=O)[C@H](COC(=O)NCCCCCC(=O)NO)N1CC2=CCCC=C[C@H]2[C@@H]1[C@H](Cc1ccccc1)OC(=O)NCCCCCC(=O)NO. The van der Waals surface area contributed by atoms with Gasteiger partial charge in [0.2, 0.25) is 11.8 Å². The van der Waals surface area contributed by atoms with Crippen molar-refractivity contribution in [3.63, 3.8) is 0 Å². The third-order valence-corrected chi connectivity index (χ3v) is 8.83. The highest BCUT2D eigenvalue weighted by molar-refractivity contribution is 5.77. The zero-order valence-electron chi connectivity index (χ0n) is 29.3. The van der Waals surface area contributed by atoms with E-state index in [0.29, 0.717) is 64.6 Å². The first-order valence-corrected chi connectivity index (χ1v) is 17.8. The molecule has 1 aromatic rings. The molecule has 0 unspecified atom stereocenters. The summed E-state index contributed by atoms with van der Waals surface area (Å²) in [6.07, 6.45) is 10.4. The number of carbonyl (C=O) groups is 5. The number of carbonyl (C=O) groups excluding carboxylic acids is 5. The van der Waals surface area contributed by atoms with Gasteiger partial charge in [-0.25, -0.2) is 20.5 Å². The average molecular weight is 716 g/mol. The first-order chi connectivity index (χ1) is 24.8. The van der Waals surface area contributed by atoms with Gasteiger partial charge in [-0.15, -0.1) is 0 Å². The summed E-state index contributed by atoms with van der Waals surface area (Å²) in [6.45, 7) is 2.55. The minimum atomic E-state index is -0.986. The maximum Gasteiger partial charge on any atom is 0.407 e. The fraction of sp³-hybridized carbons (Fsp3) is 0.583. The molecule has 3 rings (SSSR count). The Balaban J connectivity index is 1.77. The summed E-state index contributed by atoms with van der Waals surface area (Å²) in [7, 11) is 0. The lowest BCUT2D eigenvalue weighted by molar-refractivity contribution is -0.152. The normalized spacial score (nSPS) is 17.9. The van der Waals surface area contributed by atoms with Crippen molar-refractivity contribution in [3.05, 3.63) is 59.7 Å². The van der Waals surface area contributed by atoms with Gasteiger partial charge in [-0.1, -0.05) is 67.0 Å². The van der Waals surface area contributed by atoms with E-state index in [9.17, 15) is 24.0 Å². The molecule has 1 aliphatic heterocycles. The molecule has 1 aromatic carbocycles. The summed E-state index contributed by atoms with van der Waals surface area (Å²) in [4.78, 5) is 63.9. The second kappa shape index (κ2) is 23.1. The van der Waals surface area contributed by atoms with E-state index in [1.807, 2.05) is 35.2 Å². The van der Waals surface area contributed by atoms with Gasteiger partial charge in [-0.2, -0.15) is 0 Å². The minimum Gasteiger partial charge on any atom is -0.465 e. The molecule has 0 bridgehead atoms. The second-order valence-corrected chi connectivity index (χ2v) is 12.5. The van der Waals surface area contributed by atoms with Crippen LogP contribution in [0, 0.1) is 5.92 Å². The van der Waals surface area contributed by atoms with Crippen molar-refractivity contribution < 1.29 is 48.6 Å². The number of alkyl carbamates (subject to hydrolysis) is 2. The molecule has 0 aromatic heterocycles. The summed E-state index contributed by atoms with van der Waals surface area (Å²) in [5, 5.41) is 22.8.